The maximum atomic E-state index is 14.0. The molecule has 0 unspecified atom stereocenters. The number of nitrogen functional groups attached to an aromatic ring is 1. The first-order chi connectivity index (χ1) is 9.08. The Bertz CT molecular complexity index is 658. The summed E-state index contributed by atoms with van der Waals surface area (Å²) in [6.07, 6.45) is 1.61. The van der Waals surface area contributed by atoms with Gasteiger partial charge in [-0.2, -0.15) is 5.26 Å². The highest BCUT2D eigenvalue weighted by atomic mass is 35.5. The number of nitriles is 1. The molecule has 0 fully saturated rings. The van der Waals surface area contributed by atoms with Crippen LogP contribution in [-0.4, -0.2) is 0 Å². The zero-order chi connectivity index (χ0) is 14.0. The van der Waals surface area contributed by atoms with Gasteiger partial charge in [0.15, 0.2) is 0 Å². The van der Waals surface area contributed by atoms with E-state index >= 15 is 0 Å². The lowest BCUT2D eigenvalue weighted by Gasteiger charge is -2.05. The van der Waals surface area contributed by atoms with Gasteiger partial charge in [-0.15, -0.1) is 11.3 Å². The lowest BCUT2D eigenvalue weighted by Crippen LogP contribution is -1.94. The molecule has 1 aromatic heterocycles. The van der Waals surface area contributed by atoms with Crippen LogP contribution in [0.5, 0.6) is 0 Å². The highest BCUT2D eigenvalue weighted by Gasteiger charge is 2.18. The Morgan fingerprint density at radius 3 is 2.79 bits per heavy atom. The number of hydrogen-bond acceptors (Lipinski definition) is 3. The van der Waals surface area contributed by atoms with Gasteiger partial charge in [0, 0.05) is 15.5 Å². The van der Waals surface area contributed by atoms with Crippen LogP contribution in [0, 0.1) is 17.1 Å². The SMILES string of the molecule is CCCc1c(-c2ccc(Cl)cc2F)sc(C#N)c1N. The van der Waals surface area contributed by atoms with E-state index < -0.39 is 5.82 Å². The van der Waals surface area contributed by atoms with Gasteiger partial charge < -0.3 is 5.73 Å². The Morgan fingerprint density at radius 2 is 2.21 bits per heavy atom. The van der Waals surface area contributed by atoms with E-state index in [-0.39, 0.29) is 0 Å². The van der Waals surface area contributed by atoms with Crippen LogP contribution < -0.4 is 5.73 Å². The van der Waals surface area contributed by atoms with Gasteiger partial charge in [0.25, 0.3) is 0 Å². The van der Waals surface area contributed by atoms with E-state index in [1.165, 1.54) is 17.4 Å². The number of halogens is 2. The predicted molar refractivity (Wildman–Crippen MR) is 77.8 cm³/mol. The molecule has 0 saturated heterocycles. The lowest BCUT2D eigenvalue weighted by atomic mass is 10.0. The average molecular weight is 295 g/mol. The number of anilines is 1. The zero-order valence-electron chi connectivity index (χ0n) is 10.3. The Kier molecular flexibility index (Phi) is 4.08. The first kappa shape index (κ1) is 13.9. The van der Waals surface area contributed by atoms with Crippen LogP contribution in [0.15, 0.2) is 18.2 Å². The Labute approximate surface area is 120 Å². The quantitative estimate of drug-likeness (QED) is 0.898. The van der Waals surface area contributed by atoms with Crippen molar-refractivity contribution in [1.29, 1.82) is 5.26 Å². The second kappa shape index (κ2) is 5.60. The van der Waals surface area contributed by atoms with Gasteiger partial charge >= 0.3 is 0 Å². The van der Waals surface area contributed by atoms with Crippen molar-refractivity contribution in [2.45, 2.75) is 19.8 Å². The summed E-state index contributed by atoms with van der Waals surface area (Å²) in [5, 5.41) is 9.40. The molecule has 2 rings (SSSR count). The largest absolute Gasteiger partial charge is 0.397 e. The van der Waals surface area contributed by atoms with Gasteiger partial charge in [0.1, 0.15) is 16.8 Å². The molecule has 0 radical (unpaired) electrons. The van der Waals surface area contributed by atoms with Crippen molar-refractivity contribution in [2.24, 2.45) is 0 Å². The molecule has 0 bridgehead atoms. The molecule has 0 aliphatic heterocycles. The van der Waals surface area contributed by atoms with Crippen LogP contribution in [0.3, 0.4) is 0 Å². The molecule has 2 aromatic rings. The van der Waals surface area contributed by atoms with Gasteiger partial charge in [0.05, 0.1) is 5.69 Å². The summed E-state index contributed by atoms with van der Waals surface area (Å²) < 4.78 is 14.0. The van der Waals surface area contributed by atoms with Crippen molar-refractivity contribution in [3.05, 3.63) is 39.5 Å². The van der Waals surface area contributed by atoms with E-state index in [1.54, 1.807) is 12.1 Å². The van der Waals surface area contributed by atoms with E-state index in [2.05, 4.69) is 6.07 Å². The Morgan fingerprint density at radius 1 is 1.47 bits per heavy atom. The summed E-state index contributed by atoms with van der Waals surface area (Å²) in [5.41, 5.74) is 7.73. The van der Waals surface area contributed by atoms with Crippen LogP contribution in [-0.2, 0) is 6.42 Å². The standard InChI is InChI=1S/C14H12ClFN2S/c1-2-3-10-13(18)12(7-17)19-14(10)9-5-4-8(15)6-11(9)16/h4-6H,2-3,18H2,1H3. The van der Waals surface area contributed by atoms with Crippen LogP contribution in [0.2, 0.25) is 5.02 Å². The maximum Gasteiger partial charge on any atom is 0.133 e. The van der Waals surface area contributed by atoms with E-state index in [0.29, 0.717) is 21.2 Å². The highest BCUT2D eigenvalue weighted by molar-refractivity contribution is 7.16. The molecule has 1 aromatic carbocycles. The number of nitrogens with two attached hydrogens (primary N) is 1. The Hall–Kier alpha value is -1.57. The topological polar surface area (TPSA) is 49.8 Å². The minimum absolute atomic E-state index is 0.350. The predicted octanol–water partition coefficient (Wildman–Crippen LogP) is 4.61. The van der Waals surface area contributed by atoms with Gasteiger partial charge in [0.2, 0.25) is 0 Å². The number of rotatable bonds is 3. The number of hydrogen-bond donors (Lipinski definition) is 1. The van der Waals surface area contributed by atoms with Crippen molar-refractivity contribution < 1.29 is 4.39 Å². The summed E-state index contributed by atoms with van der Waals surface area (Å²) in [5.74, 6) is -0.393. The van der Waals surface area contributed by atoms with E-state index in [0.717, 1.165) is 23.3 Å². The molecule has 0 spiro atoms. The Balaban J connectivity index is 2.64. The number of thiophene rings is 1. The summed E-state index contributed by atoms with van der Waals surface area (Å²) in [7, 11) is 0. The van der Waals surface area contributed by atoms with E-state index in [4.69, 9.17) is 22.6 Å². The molecular weight excluding hydrogens is 283 g/mol. The van der Waals surface area contributed by atoms with Crippen LogP contribution >= 0.6 is 22.9 Å². The summed E-state index contributed by atoms with van der Waals surface area (Å²) in [6.45, 7) is 2.02. The van der Waals surface area contributed by atoms with Crippen molar-refractivity contribution >= 4 is 28.6 Å². The first-order valence-electron chi connectivity index (χ1n) is 5.85. The molecule has 1 heterocycles. The molecule has 0 atom stereocenters. The smallest absolute Gasteiger partial charge is 0.133 e. The monoisotopic (exact) mass is 294 g/mol. The molecule has 2 nitrogen and oxygen atoms in total. The molecule has 19 heavy (non-hydrogen) atoms. The molecule has 0 amide bonds. The summed E-state index contributed by atoms with van der Waals surface area (Å²) in [6, 6.07) is 6.60. The normalized spacial score (nSPS) is 10.4. The average Bonchev–Trinajstić information content (AvgIpc) is 2.68. The van der Waals surface area contributed by atoms with Gasteiger partial charge in [-0.1, -0.05) is 24.9 Å². The fourth-order valence-electron chi connectivity index (χ4n) is 1.95. The second-order valence-electron chi connectivity index (χ2n) is 4.14. The molecule has 5 heteroatoms. The maximum absolute atomic E-state index is 14.0. The van der Waals surface area contributed by atoms with Gasteiger partial charge in [-0.05, 0) is 30.2 Å². The summed E-state index contributed by atoms with van der Waals surface area (Å²) in [4.78, 5) is 1.16. The fourth-order valence-corrected chi connectivity index (χ4v) is 3.20. The zero-order valence-corrected chi connectivity index (χ0v) is 11.9. The minimum Gasteiger partial charge on any atom is -0.397 e. The third kappa shape index (κ3) is 2.58. The van der Waals surface area contributed by atoms with Crippen LogP contribution in [0.1, 0.15) is 23.8 Å². The highest BCUT2D eigenvalue weighted by Crippen LogP contribution is 2.40. The van der Waals surface area contributed by atoms with E-state index in [1.807, 2.05) is 6.92 Å². The number of benzene rings is 1. The molecule has 0 aliphatic rings. The van der Waals surface area contributed by atoms with Crippen LogP contribution in [0.25, 0.3) is 10.4 Å². The summed E-state index contributed by atoms with van der Waals surface area (Å²) >= 11 is 6.99. The van der Waals surface area contributed by atoms with Gasteiger partial charge in [-0.3, -0.25) is 0 Å². The molecule has 0 saturated carbocycles. The molecule has 2 N–H and O–H groups in total. The van der Waals surface area contributed by atoms with Gasteiger partial charge in [-0.25, -0.2) is 4.39 Å². The van der Waals surface area contributed by atoms with Crippen molar-refractivity contribution in [2.75, 3.05) is 5.73 Å². The second-order valence-corrected chi connectivity index (χ2v) is 5.60. The third-order valence-corrected chi connectivity index (χ3v) is 4.25. The molecule has 98 valence electrons. The van der Waals surface area contributed by atoms with Crippen molar-refractivity contribution in [3.8, 4) is 16.5 Å². The van der Waals surface area contributed by atoms with Crippen molar-refractivity contribution in [1.82, 2.24) is 0 Å². The molecule has 0 aliphatic carbocycles. The third-order valence-electron chi connectivity index (χ3n) is 2.83. The minimum atomic E-state index is -0.393. The number of nitrogens with zero attached hydrogens (tertiary/aromatic N) is 1. The van der Waals surface area contributed by atoms with Crippen molar-refractivity contribution in [3.63, 3.8) is 0 Å². The molecular formula is C14H12ClFN2S. The fraction of sp³-hybridized carbons (Fsp3) is 0.214. The lowest BCUT2D eigenvalue weighted by molar-refractivity contribution is 0.631. The van der Waals surface area contributed by atoms with E-state index in [9.17, 15) is 4.39 Å². The first-order valence-corrected chi connectivity index (χ1v) is 7.04. The van der Waals surface area contributed by atoms with Crippen LogP contribution in [0.4, 0.5) is 10.1 Å².